The number of nitrogens with one attached hydrogen (secondary N) is 1. The summed E-state index contributed by atoms with van der Waals surface area (Å²) in [5.74, 6) is 0.781. The third-order valence-electron chi connectivity index (χ3n) is 3.37. The summed E-state index contributed by atoms with van der Waals surface area (Å²) in [6.07, 6.45) is 2.26. The third-order valence-corrected chi connectivity index (χ3v) is 6.00. The van der Waals surface area contributed by atoms with Crippen molar-refractivity contribution in [1.82, 2.24) is 23.8 Å². The van der Waals surface area contributed by atoms with E-state index in [1.54, 1.807) is 11.7 Å². The fourth-order valence-electron chi connectivity index (χ4n) is 2.17. The molecule has 1 N–H and O–H groups in total. The predicted molar refractivity (Wildman–Crippen MR) is 76.4 cm³/mol. The van der Waals surface area contributed by atoms with Crippen molar-refractivity contribution in [3.63, 3.8) is 0 Å². The first-order valence-electron chi connectivity index (χ1n) is 6.14. The van der Waals surface area contributed by atoms with Gasteiger partial charge in [-0.25, -0.2) is 9.67 Å². The van der Waals surface area contributed by atoms with Gasteiger partial charge in [0.1, 0.15) is 6.33 Å². The molecule has 7 nitrogen and oxygen atoms in total. The van der Waals surface area contributed by atoms with E-state index >= 15 is 0 Å². The van der Waals surface area contributed by atoms with Crippen LogP contribution in [-0.4, -0.2) is 41.1 Å². The summed E-state index contributed by atoms with van der Waals surface area (Å²) >= 11 is 1.54. The highest BCUT2D eigenvalue weighted by molar-refractivity contribution is 7.87. The molecule has 0 spiro atoms. The first-order chi connectivity index (χ1) is 9.47. The Hall–Kier alpha value is -1.29. The van der Waals surface area contributed by atoms with Crippen LogP contribution in [0.15, 0.2) is 17.8 Å². The molecule has 0 aromatic carbocycles. The number of hydrogen-bond acceptors (Lipinski definition) is 5. The lowest BCUT2D eigenvalue weighted by atomic mass is 10.1. The molecule has 0 saturated carbocycles. The molecule has 0 amide bonds. The van der Waals surface area contributed by atoms with E-state index in [1.807, 2.05) is 18.5 Å². The van der Waals surface area contributed by atoms with Crippen LogP contribution in [-0.2, 0) is 17.3 Å². The van der Waals surface area contributed by atoms with Crippen LogP contribution in [0.5, 0.6) is 0 Å². The minimum absolute atomic E-state index is 0.164. The zero-order chi connectivity index (χ0) is 14.3. The van der Waals surface area contributed by atoms with Crippen molar-refractivity contribution in [2.45, 2.75) is 12.5 Å². The lowest BCUT2D eigenvalue weighted by Gasteiger charge is -2.29. The normalized spacial score (nSPS) is 23.0. The summed E-state index contributed by atoms with van der Waals surface area (Å²) in [6.45, 7) is 0.525. The Labute approximate surface area is 121 Å². The Morgan fingerprint density at radius 2 is 2.25 bits per heavy atom. The molecule has 0 bridgehead atoms. The maximum Gasteiger partial charge on any atom is 0.279 e. The summed E-state index contributed by atoms with van der Waals surface area (Å²) < 4.78 is 29.4. The predicted octanol–water partition coefficient (Wildman–Crippen LogP) is 0.755. The molecule has 0 radical (unpaired) electrons. The standard InChI is InChI=1S/C11H15N5O2S2/c1-15-4-3-9(14-20(15,17)18)10-5-8(6-19-10)11-12-7-13-16(11)2/h5-7,9,14H,3-4H2,1-2H3/t9-/m0/s1. The molecule has 3 heterocycles. The molecule has 108 valence electrons. The van der Waals surface area contributed by atoms with Gasteiger partial charge < -0.3 is 0 Å². The SMILES string of the molecule is CN1CC[C@@H](c2cc(-c3ncnn3C)cs2)NS1(=O)=O. The first kappa shape index (κ1) is 13.7. The fourth-order valence-corrected chi connectivity index (χ4v) is 4.35. The molecule has 9 heteroatoms. The Morgan fingerprint density at radius 1 is 1.45 bits per heavy atom. The van der Waals surface area contributed by atoms with E-state index in [2.05, 4.69) is 14.8 Å². The number of aryl methyl sites for hydroxylation is 1. The molecular weight excluding hydrogens is 298 g/mol. The van der Waals surface area contributed by atoms with Crippen LogP contribution < -0.4 is 4.72 Å². The largest absolute Gasteiger partial charge is 0.279 e. The second-order valence-corrected chi connectivity index (χ2v) is 7.48. The molecule has 20 heavy (non-hydrogen) atoms. The van der Waals surface area contributed by atoms with Crippen molar-refractivity contribution in [3.8, 4) is 11.4 Å². The number of nitrogens with zero attached hydrogens (tertiary/aromatic N) is 4. The average Bonchev–Trinajstić information content (AvgIpc) is 3.01. The van der Waals surface area contributed by atoms with Crippen LogP contribution in [0.25, 0.3) is 11.4 Å². The number of thiophene rings is 1. The first-order valence-corrected chi connectivity index (χ1v) is 8.46. The van der Waals surface area contributed by atoms with Crippen molar-refractivity contribution >= 4 is 21.5 Å². The smallest absolute Gasteiger partial charge is 0.249 e. The van der Waals surface area contributed by atoms with E-state index in [4.69, 9.17) is 0 Å². The maximum absolute atomic E-state index is 11.8. The Morgan fingerprint density at radius 3 is 2.90 bits per heavy atom. The van der Waals surface area contributed by atoms with Crippen molar-refractivity contribution in [2.24, 2.45) is 7.05 Å². The maximum atomic E-state index is 11.8. The second-order valence-electron chi connectivity index (χ2n) is 4.73. The number of hydrogen-bond donors (Lipinski definition) is 1. The molecule has 3 rings (SSSR count). The second kappa shape index (κ2) is 4.92. The summed E-state index contributed by atoms with van der Waals surface area (Å²) in [5, 5.41) is 6.02. The molecule has 2 aromatic rings. The molecule has 1 aliphatic heterocycles. The van der Waals surface area contributed by atoms with Crippen LogP contribution in [0.1, 0.15) is 17.3 Å². The topological polar surface area (TPSA) is 80.1 Å². The van der Waals surface area contributed by atoms with Crippen LogP contribution in [0.2, 0.25) is 0 Å². The Bertz CT molecular complexity index is 721. The molecule has 1 aliphatic rings. The Balaban J connectivity index is 1.86. The van der Waals surface area contributed by atoms with E-state index in [-0.39, 0.29) is 6.04 Å². The van der Waals surface area contributed by atoms with Gasteiger partial charge in [-0.3, -0.25) is 0 Å². The quantitative estimate of drug-likeness (QED) is 0.887. The lowest BCUT2D eigenvalue weighted by Crippen LogP contribution is -2.46. The van der Waals surface area contributed by atoms with Gasteiger partial charge in [0, 0.05) is 36.5 Å². The molecule has 1 saturated heterocycles. The lowest BCUT2D eigenvalue weighted by molar-refractivity contribution is 0.384. The van der Waals surface area contributed by atoms with Gasteiger partial charge in [0.25, 0.3) is 10.2 Å². The zero-order valence-electron chi connectivity index (χ0n) is 11.1. The minimum Gasteiger partial charge on any atom is -0.249 e. The Kier molecular flexibility index (Phi) is 3.36. The van der Waals surface area contributed by atoms with Gasteiger partial charge in [0.15, 0.2) is 5.82 Å². The molecular formula is C11H15N5O2S2. The van der Waals surface area contributed by atoms with E-state index < -0.39 is 10.2 Å². The summed E-state index contributed by atoms with van der Waals surface area (Å²) in [6, 6.07) is 1.82. The van der Waals surface area contributed by atoms with Crippen molar-refractivity contribution in [1.29, 1.82) is 0 Å². The molecule has 0 unspecified atom stereocenters. The monoisotopic (exact) mass is 313 g/mol. The van der Waals surface area contributed by atoms with Gasteiger partial charge in [0.05, 0.1) is 6.04 Å². The van der Waals surface area contributed by atoms with Crippen LogP contribution in [0, 0.1) is 0 Å². The highest BCUT2D eigenvalue weighted by atomic mass is 32.2. The van der Waals surface area contributed by atoms with Crippen molar-refractivity contribution in [3.05, 3.63) is 22.7 Å². The minimum atomic E-state index is -3.35. The van der Waals surface area contributed by atoms with Gasteiger partial charge in [-0.2, -0.15) is 22.5 Å². The van der Waals surface area contributed by atoms with Gasteiger partial charge >= 0.3 is 0 Å². The van der Waals surface area contributed by atoms with E-state index in [9.17, 15) is 8.42 Å². The average molecular weight is 313 g/mol. The van der Waals surface area contributed by atoms with Crippen LogP contribution in [0.3, 0.4) is 0 Å². The van der Waals surface area contributed by atoms with E-state index in [0.29, 0.717) is 6.54 Å². The fraction of sp³-hybridized carbons (Fsp3) is 0.455. The van der Waals surface area contributed by atoms with Crippen LogP contribution >= 0.6 is 11.3 Å². The van der Waals surface area contributed by atoms with Crippen molar-refractivity contribution < 1.29 is 8.42 Å². The van der Waals surface area contributed by atoms with Gasteiger partial charge in [-0.05, 0) is 12.5 Å². The van der Waals surface area contributed by atoms with Crippen molar-refractivity contribution in [2.75, 3.05) is 13.6 Å². The van der Waals surface area contributed by atoms with Gasteiger partial charge in [0.2, 0.25) is 0 Å². The van der Waals surface area contributed by atoms with E-state index in [0.717, 1.165) is 22.7 Å². The third kappa shape index (κ3) is 2.37. The number of aromatic nitrogens is 3. The molecule has 2 aromatic heterocycles. The molecule has 1 fully saturated rings. The molecule has 0 aliphatic carbocycles. The van der Waals surface area contributed by atoms with E-state index in [1.165, 1.54) is 22.0 Å². The van der Waals surface area contributed by atoms with Crippen LogP contribution in [0.4, 0.5) is 0 Å². The highest BCUT2D eigenvalue weighted by Gasteiger charge is 2.30. The zero-order valence-corrected chi connectivity index (χ0v) is 12.8. The molecule has 1 atom stereocenters. The number of rotatable bonds is 2. The summed E-state index contributed by atoms with van der Waals surface area (Å²) in [4.78, 5) is 5.20. The highest BCUT2D eigenvalue weighted by Crippen LogP contribution is 2.31. The van der Waals surface area contributed by atoms with Gasteiger partial charge in [-0.1, -0.05) is 0 Å². The van der Waals surface area contributed by atoms with Gasteiger partial charge in [-0.15, -0.1) is 11.3 Å². The summed E-state index contributed by atoms with van der Waals surface area (Å²) in [7, 11) is 0.0580. The summed E-state index contributed by atoms with van der Waals surface area (Å²) in [5.41, 5.74) is 0.961.